The molecule has 1 N–H and O–H groups in total. The molecule has 2 aromatic heterocycles. The zero-order valence-electron chi connectivity index (χ0n) is 11.7. The van der Waals surface area contributed by atoms with Gasteiger partial charge >= 0.3 is 0 Å². The molecule has 0 atom stereocenters. The Morgan fingerprint density at radius 2 is 2.16 bits per heavy atom. The van der Waals surface area contributed by atoms with Gasteiger partial charge in [0.1, 0.15) is 5.82 Å². The van der Waals surface area contributed by atoms with Crippen LogP contribution in [0.3, 0.4) is 0 Å². The first-order chi connectivity index (χ1) is 9.22. The van der Waals surface area contributed by atoms with Gasteiger partial charge in [0.2, 0.25) is 0 Å². The summed E-state index contributed by atoms with van der Waals surface area (Å²) in [6, 6.07) is 4.30. The molecule has 0 aliphatic carbocycles. The van der Waals surface area contributed by atoms with Gasteiger partial charge in [-0.1, -0.05) is 6.92 Å². The maximum absolute atomic E-state index is 4.69. The average molecular weight is 276 g/mol. The van der Waals surface area contributed by atoms with E-state index in [-0.39, 0.29) is 0 Å². The van der Waals surface area contributed by atoms with Crippen LogP contribution < -0.4 is 10.2 Å². The Morgan fingerprint density at radius 1 is 1.32 bits per heavy atom. The molecule has 2 rings (SSSR count). The van der Waals surface area contributed by atoms with Crippen molar-refractivity contribution in [3.05, 3.63) is 40.0 Å². The van der Waals surface area contributed by atoms with Gasteiger partial charge in [-0.15, -0.1) is 11.3 Å². The molecule has 2 aromatic rings. The Balaban J connectivity index is 2.19. The van der Waals surface area contributed by atoms with Crippen molar-refractivity contribution >= 4 is 17.2 Å². The number of hydrogen-bond donors (Lipinski definition) is 1. The van der Waals surface area contributed by atoms with Crippen LogP contribution in [0.1, 0.15) is 23.9 Å². The highest BCUT2D eigenvalue weighted by atomic mass is 32.1. The van der Waals surface area contributed by atoms with E-state index in [1.54, 1.807) is 11.3 Å². The monoisotopic (exact) mass is 276 g/mol. The summed E-state index contributed by atoms with van der Waals surface area (Å²) in [5.41, 5.74) is 5.36. The van der Waals surface area contributed by atoms with Gasteiger partial charge in [-0.2, -0.15) is 0 Å². The summed E-state index contributed by atoms with van der Waals surface area (Å²) in [5.74, 6) is 1.01. The summed E-state index contributed by atoms with van der Waals surface area (Å²) >= 11 is 1.63. The van der Waals surface area contributed by atoms with Crippen LogP contribution in [0, 0.1) is 0 Å². The maximum Gasteiger partial charge on any atom is 0.129 e. The number of rotatable bonds is 6. The Kier molecular flexibility index (Phi) is 4.87. The minimum absolute atomic E-state index is 0.794. The van der Waals surface area contributed by atoms with E-state index in [1.165, 1.54) is 5.56 Å². The predicted octanol–water partition coefficient (Wildman–Crippen LogP) is 2.46. The molecule has 0 unspecified atom stereocenters. The SMILES string of the molecule is CCc1cc(CNC)cc(N(C)Cc2cscn2)n1. The molecule has 0 radical (unpaired) electrons. The number of hydrogen-bond acceptors (Lipinski definition) is 5. The highest BCUT2D eigenvalue weighted by Gasteiger charge is 2.08. The Labute approximate surface area is 118 Å². The van der Waals surface area contributed by atoms with Gasteiger partial charge in [0.25, 0.3) is 0 Å². The van der Waals surface area contributed by atoms with Gasteiger partial charge in [-0.05, 0) is 31.2 Å². The second-order valence-electron chi connectivity index (χ2n) is 4.54. The summed E-state index contributed by atoms with van der Waals surface area (Å²) in [6.45, 7) is 3.80. The molecule has 4 nitrogen and oxygen atoms in total. The minimum Gasteiger partial charge on any atom is -0.354 e. The molecule has 0 aliphatic rings. The molecule has 0 saturated carbocycles. The molecule has 2 heterocycles. The largest absolute Gasteiger partial charge is 0.354 e. The van der Waals surface area contributed by atoms with Gasteiger partial charge in [-0.3, -0.25) is 0 Å². The van der Waals surface area contributed by atoms with E-state index in [0.29, 0.717) is 0 Å². The van der Waals surface area contributed by atoms with Gasteiger partial charge in [0.15, 0.2) is 0 Å². The van der Waals surface area contributed by atoms with Crippen LogP contribution in [0.25, 0.3) is 0 Å². The van der Waals surface area contributed by atoms with Crippen molar-refractivity contribution in [3.8, 4) is 0 Å². The number of aryl methyl sites for hydroxylation is 1. The standard InChI is InChI=1S/C14H20N4S/c1-4-12-5-11(7-15-2)6-14(17-12)18(3)8-13-9-19-10-16-13/h5-6,9-10,15H,4,7-8H2,1-3H3. The maximum atomic E-state index is 4.69. The van der Waals surface area contributed by atoms with E-state index in [9.17, 15) is 0 Å². The molecule has 0 aromatic carbocycles. The topological polar surface area (TPSA) is 41.0 Å². The molecule has 0 spiro atoms. The first-order valence-electron chi connectivity index (χ1n) is 6.45. The Hall–Kier alpha value is -1.46. The van der Waals surface area contributed by atoms with Crippen LogP contribution in [-0.4, -0.2) is 24.1 Å². The van der Waals surface area contributed by atoms with Crippen molar-refractivity contribution < 1.29 is 0 Å². The fraction of sp³-hybridized carbons (Fsp3) is 0.429. The predicted molar refractivity (Wildman–Crippen MR) is 80.6 cm³/mol. The van der Waals surface area contributed by atoms with E-state index in [4.69, 9.17) is 0 Å². The molecule has 0 saturated heterocycles. The lowest BCUT2D eigenvalue weighted by atomic mass is 10.2. The van der Waals surface area contributed by atoms with Crippen molar-refractivity contribution in [2.45, 2.75) is 26.4 Å². The van der Waals surface area contributed by atoms with E-state index in [2.05, 4.69) is 51.7 Å². The van der Waals surface area contributed by atoms with Crippen molar-refractivity contribution in [2.24, 2.45) is 0 Å². The van der Waals surface area contributed by atoms with Gasteiger partial charge in [-0.25, -0.2) is 9.97 Å². The Bertz CT molecular complexity index is 510. The van der Waals surface area contributed by atoms with E-state index in [0.717, 1.165) is 36.7 Å². The van der Waals surface area contributed by atoms with Crippen LogP contribution in [0.15, 0.2) is 23.0 Å². The normalized spacial score (nSPS) is 10.7. The zero-order chi connectivity index (χ0) is 13.7. The summed E-state index contributed by atoms with van der Waals surface area (Å²) in [4.78, 5) is 11.2. The molecule has 5 heteroatoms. The number of anilines is 1. The number of thiazole rings is 1. The fourth-order valence-electron chi connectivity index (χ4n) is 1.96. The molecule has 102 valence electrons. The second-order valence-corrected chi connectivity index (χ2v) is 5.26. The molecule has 0 fully saturated rings. The molecule has 0 bridgehead atoms. The van der Waals surface area contributed by atoms with Gasteiger partial charge in [0, 0.05) is 24.7 Å². The lowest BCUT2D eigenvalue weighted by Crippen LogP contribution is -2.19. The molecular formula is C14H20N4S. The summed E-state index contributed by atoms with van der Waals surface area (Å²) < 4.78 is 0. The summed E-state index contributed by atoms with van der Waals surface area (Å²) in [5, 5.41) is 5.27. The highest BCUT2D eigenvalue weighted by molar-refractivity contribution is 7.07. The molecular weight excluding hydrogens is 256 g/mol. The van der Waals surface area contributed by atoms with Crippen LogP contribution in [0.5, 0.6) is 0 Å². The highest BCUT2D eigenvalue weighted by Crippen LogP contribution is 2.17. The van der Waals surface area contributed by atoms with Crippen LogP contribution >= 0.6 is 11.3 Å². The second kappa shape index (κ2) is 6.63. The van der Waals surface area contributed by atoms with Crippen molar-refractivity contribution in [1.29, 1.82) is 0 Å². The smallest absolute Gasteiger partial charge is 0.129 e. The quantitative estimate of drug-likeness (QED) is 0.880. The van der Waals surface area contributed by atoms with Crippen LogP contribution in [0.2, 0.25) is 0 Å². The van der Waals surface area contributed by atoms with Gasteiger partial charge < -0.3 is 10.2 Å². The molecule has 0 amide bonds. The third kappa shape index (κ3) is 3.75. The Morgan fingerprint density at radius 3 is 2.79 bits per heavy atom. The van der Waals surface area contributed by atoms with Gasteiger partial charge in [0.05, 0.1) is 17.7 Å². The molecule has 0 aliphatic heterocycles. The number of aromatic nitrogens is 2. The van der Waals surface area contributed by atoms with Crippen molar-refractivity contribution in [2.75, 3.05) is 19.0 Å². The summed E-state index contributed by atoms with van der Waals surface area (Å²) in [7, 11) is 4.02. The lowest BCUT2D eigenvalue weighted by molar-refractivity contribution is 0.803. The average Bonchev–Trinajstić information content (AvgIpc) is 2.91. The van der Waals surface area contributed by atoms with E-state index >= 15 is 0 Å². The third-order valence-electron chi connectivity index (χ3n) is 2.94. The van der Waals surface area contributed by atoms with E-state index < -0.39 is 0 Å². The number of nitrogens with zero attached hydrogens (tertiary/aromatic N) is 3. The lowest BCUT2D eigenvalue weighted by Gasteiger charge is -2.19. The summed E-state index contributed by atoms with van der Waals surface area (Å²) in [6.07, 6.45) is 0.953. The van der Waals surface area contributed by atoms with Crippen LogP contribution in [-0.2, 0) is 19.5 Å². The minimum atomic E-state index is 0.794. The first-order valence-corrected chi connectivity index (χ1v) is 7.39. The molecule has 19 heavy (non-hydrogen) atoms. The first kappa shape index (κ1) is 14.0. The third-order valence-corrected chi connectivity index (χ3v) is 3.58. The zero-order valence-corrected chi connectivity index (χ0v) is 12.5. The number of nitrogens with one attached hydrogen (secondary N) is 1. The van der Waals surface area contributed by atoms with E-state index in [1.807, 2.05) is 12.6 Å². The van der Waals surface area contributed by atoms with Crippen molar-refractivity contribution in [1.82, 2.24) is 15.3 Å². The fourth-order valence-corrected chi connectivity index (χ4v) is 2.51. The van der Waals surface area contributed by atoms with Crippen molar-refractivity contribution in [3.63, 3.8) is 0 Å². The van der Waals surface area contributed by atoms with Crippen LogP contribution in [0.4, 0.5) is 5.82 Å². The number of pyridine rings is 1.